The Morgan fingerprint density at radius 3 is 2.62 bits per heavy atom. The van der Waals surface area contributed by atoms with Crippen molar-refractivity contribution in [3.8, 4) is 5.75 Å². The second kappa shape index (κ2) is 7.74. The summed E-state index contributed by atoms with van der Waals surface area (Å²) < 4.78 is 7.36. The molecule has 1 heterocycles. The van der Waals surface area contributed by atoms with Crippen molar-refractivity contribution < 1.29 is 4.74 Å². The van der Waals surface area contributed by atoms with E-state index < -0.39 is 0 Å². The van der Waals surface area contributed by atoms with E-state index in [2.05, 4.69) is 67.4 Å². The third-order valence-corrected chi connectivity index (χ3v) is 5.65. The lowest BCUT2D eigenvalue weighted by Gasteiger charge is -2.27. The van der Waals surface area contributed by atoms with Gasteiger partial charge in [-0.1, -0.05) is 6.07 Å². The second-order valence-corrected chi connectivity index (χ2v) is 7.56. The Hall–Kier alpha value is -0.400. The highest BCUT2D eigenvalue weighted by Gasteiger charge is 2.17. The van der Waals surface area contributed by atoms with E-state index in [1.54, 1.807) is 18.4 Å². The van der Waals surface area contributed by atoms with Gasteiger partial charge in [0.2, 0.25) is 0 Å². The number of halogens is 2. The number of hydrogen-bond donors (Lipinski definition) is 1. The van der Waals surface area contributed by atoms with Gasteiger partial charge >= 0.3 is 0 Å². The molecular weight excluding hydrogens is 416 g/mol. The zero-order valence-corrected chi connectivity index (χ0v) is 16.0. The van der Waals surface area contributed by atoms with E-state index in [1.807, 2.05) is 6.07 Å². The summed E-state index contributed by atoms with van der Waals surface area (Å²) in [5.41, 5.74) is 7.17. The first-order valence-electron chi connectivity index (χ1n) is 6.51. The molecule has 1 atom stereocenters. The van der Waals surface area contributed by atoms with Gasteiger partial charge in [0.1, 0.15) is 5.75 Å². The molecule has 2 N–H and O–H groups in total. The first-order chi connectivity index (χ1) is 10.0. The summed E-state index contributed by atoms with van der Waals surface area (Å²) in [6.45, 7) is 1.45. The summed E-state index contributed by atoms with van der Waals surface area (Å²) in [6.07, 6.45) is 0. The van der Waals surface area contributed by atoms with Crippen LogP contribution in [0.5, 0.6) is 5.75 Å². The molecular formula is C15H18Br2N2OS. The second-order valence-electron chi connectivity index (χ2n) is 4.79. The van der Waals surface area contributed by atoms with Gasteiger partial charge in [-0.2, -0.15) is 0 Å². The largest absolute Gasteiger partial charge is 0.496 e. The minimum Gasteiger partial charge on any atom is -0.496 e. The fourth-order valence-electron chi connectivity index (χ4n) is 2.25. The van der Waals surface area contributed by atoms with Crippen molar-refractivity contribution in [2.24, 2.45) is 5.73 Å². The van der Waals surface area contributed by atoms with Crippen LogP contribution in [0, 0.1) is 0 Å². The molecule has 1 aromatic carbocycles. The molecule has 2 rings (SSSR count). The smallest absolute Gasteiger partial charge is 0.133 e. The van der Waals surface area contributed by atoms with Crippen LogP contribution < -0.4 is 10.5 Å². The Morgan fingerprint density at radius 2 is 2.10 bits per heavy atom. The van der Waals surface area contributed by atoms with E-state index in [9.17, 15) is 0 Å². The van der Waals surface area contributed by atoms with Crippen molar-refractivity contribution in [2.75, 3.05) is 20.7 Å². The number of nitrogens with two attached hydrogens (primary N) is 1. The standard InChI is InChI=1S/C15H18Br2N2OS/c1-19(8-12-6-11(16)9-21-12)14(7-18)10-3-4-15(20-2)13(17)5-10/h3-6,9,14H,7-8,18H2,1-2H3. The molecule has 0 aliphatic carbocycles. The first kappa shape index (κ1) is 17.0. The molecule has 0 saturated carbocycles. The summed E-state index contributed by atoms with van der Waals surface area (Å²) in [5.74, 6) is 0.833. The number of methoxy groups -OCH3 is 1. The predicted octanol–water partition coefficient (Wildman–Crippen LogP) is 4.41. The fourth-order valence-corrected chi connectivity index (χ4v) is 4.32. The number of nitrogens with zero attached hydrogens (tertiary/aromatic N) is 1. The Morgan fingerprint density at radius 1 is 1.33 bits per heavy atom. The lowest BCUT2D eigenvalue weighted by Crippen LogP contribution is -2.29. The molecule has 0 aliphatic heterocycles. The third kappa shape index (κ3) is 4.29. The molecule has 2 aromatic rings. The highest BCUT2D eigenvalue weighted by molar-refractivity contribution is 9.10. The zero-order valence-electron chi connectivity index (χ0n) is 12.0. The van der Waals surface area contributed by atoms with E-state index in [-0.39, 0.29) is 6.04 Å². The molecule has 3 nitrogen and oxygen atoms in total. The Kier molecular flexibility index (Phi) is 6.25. The summed E-state index contributed by atoms with van der Waals surface area (Å²) in [4.78, 5) is 3.59. The average Bonchev–Trinajstić information content (AvgIpc) is 2.85. The highest BCUT2D eigenvalue weighted by Crippen LogP contribution is 2.30. The van der Waals surface area contributed by atoms with Crippen molar-refractivity contribution in [3.63, 3.8) is 0 Å². The molecule has 0 saturated heterocycles. The minimum absolute atomic E-state index is 0.174. The quantitative estimate of drug-likeness (QED) is 0.732. The number of rotatable bonds is 6. The first-order valence-corrected chi connectivity index (χ1v) is 8.98. The Labute approximate surface area is 146 Å². The van der Waals surface area contributed by atoms with Gasteiger partial charge in [0, 0.05) is 33.9 Å². The van der Waals surface area contributed by atoms with Crippen LogP contribution in [-0.4, -0.2) is 25.6 Å². The van der Waals surface area contributed by atoms with Crippen LogP contribution in [0.25, 0.3) is 0 Å². The molecule has 114 valence electrons. The maximum Gasteiger partial charge on any atom is 0.133 e. The summed E-state index contributed by atoms with van der Waals surface area (Å²) in [7, 11) is 3.77. The monoisotopic (exact) mass is 432 g/mol. The molecule has 0 spiro atoms. The topological polar surface area (TPSA) is 38.5 Å². The van der Waals surface area contributed by atoms with Gasteiger partial charge in [0.15, 0.2) is 0 Å². The zero-order chi connectivity index (χ0) is 15.4. The lowest BCUT2D eigenvalue weighted by atomic mass is 10.1. The van der Waals surface area contributed by atoms with Crippen LogP contribution in [0.1, 0.15) is 16.5 Å². The van der Waals surface area contributed by atoms with Crippen molar-refractivity contribution in [1.82, 2.24) is 4.90 Å². The van der Waals surface area contributed by atoms with Crippen molar-refractivity contribution >= 4 is 43.2 Å². The lowest BCUT2D eigenvalue weighted by molar-refractivity contribution is 0.243. The normalized spacial score (nSPS) is 12.7. The minimum atomic E-state index is 0.174. The van der Waals surface area contributed by atoms with Gasteiger partial charge < -0.3 is 10.5 Å². The fraction of sp³-hybridized carbons (Fsp3) is 0.333. The summed E-state index contributed by atoms with van der Waals surface area (Å²) >= 11 is 8.78. The van der Waals surface area contributed by atoms with Gasteiger partial charge in [0.25, 0.3) is 0 Å². The summed E-state index contributed by atoms with van der Waals surface area (Å²) in [5, 5.41) is 2.10. The molecule has 6 heteroatoms. The molecule has 1 unspecified atom stereocenters. The van der Waals surface area contributed by atoms with Crippen LogP contribution >= 0.6 is 43.2 Å². The Balaban J connectivity index is 2.16. The van der Waals surface area contributed by atoms with Crippen LogP contribution in [0.4, 0.5) is 0 Å². The number of ether oxygens (including phenoxy) is 1. The SMILES string of the molecule is COc1ccc(C(CN)N(C)Cc2cc(Br)cs2)cc1Br. The van der Waals surface area contributed by atoms with Gasteiger partial charge in [-0.15, -0.1) is 11.3 Å². The van der Waals surface area contributed by atoms with E-state index >= 15 is 0 Å². The molecule has 0 fully saturated rings. The predicted molar refractivity (Wildman–Crippen MR) is 96.0 cm³/mol. The van der Waals surface area contributed by atoms with Crippen LogP contribution in [0.15, 0.2) is 38.6 Å². The molecule has 1 aromatic heterocycles. The van der Waals surface area contributed by atoms with Gasteiger partial charge in [-0.3, -0.25) is 4.90 Å². The van der Waals surface area contributed by atoms with E-state index in [0.717, 1.165) is 21.2 Å². The Bertz CT molecular complexity index is 603. The molecule has 0 bridgehead atoms. The number of hydrogen-bond acceptors (Lipinski definition) is 4. The maximum absolute atomic E-state index is 5.99. The van der Waals surface area contributed by atoms with Gasteiger partial charge in [0.05, 0.1) is 11.6 Å². The number of likely N-dealkylation sites (N-methyl/N-ethyl adjacent to an activating group) is 1. The molecule has 0 amide bonds. The third-order valence-electron chi connectivity index (χ3n) is 3.34. The average molecular weight is 434 g/mol. The van der Waals surface area contributed by atoms with E-state index in [1.165, 1.54) is 10.4 Å². The van der Waals surface area contributed by atoms with E-state index in [0.29, 0.717) is 6.54 Å². The van der Waals surface area contributed by atoms with Crippen molar-refractivity contribution in [2.45, 2.75) is 12.6 Å². The molecule has 21 heavy (non-hydrogen) atoms. The summed E-state index contributed by atoms with van der Waals surface area (Å²) in [6, 6.07) is 8.45. The number of thiophene rings is 1. The molecule has 0 radical (unpaired) electrons. The van der Waals surface area contributed by atoms with Crippen molar-refractivity contribution in [1.29, 1.82) is 0 Å². The van der Waals surface area contributed by atoms with Crippen molar-refractivity contribution in [3.05, 3.63) is 49.0 Å². The maximum atomic E-state index is 5.99. The van der Waals surface area contributed by atoms with Gasteiger partial charge in [-0.25, -0.2) is 0 Å². The highest BCUT2D eigenvalue weighted by atomic mass is 79.9. The molecule has 0 aliphatic rings. The van der Waals surface area contributed by atoms with E-state index in [4.69, 9.17) is 10.5 Å². The van der Waals surface area contributed by atoms with Gasteiger partial charge in [-0.05, 0) is 62.7 Å². The number of benzene rings is 1. The van der Waals surface area contributed by atoms with Crippen LogP contribution in [-0.2, 0) is 6.54 Å². The van der Waals surface area contributed by atoms with Crippen LogP contribution in [0.3, 0.4) is 0 Å². The van der Waals surface area contributed by atoms with Crippen LogP contribution in [0.2, 0.25) is 0 Å².